The Morgan fingerprint density at radius 3 is 1.48 bits per heavy atom. The predicted octanol–water partition coefficient (Wildman–Crippen LogP) is 4.29. The number of pyridine rings is 1. The minimum Gasteiger partial charge on any atom is -0.481 e. The molecule has 0 spiro atoms. The molecule has 0 atom stereocenters. The second-order valence-electron chi connectivity index (χ2n) is 5.84. The standard InChI is InChI=1S/C24H19NO2/c1-3-17-26-22-9-5-19(6-10-22)24(21-13-15-25-16-14-21)20-7-11-23(12-8-20)27-18-4-2/h1-2,5-16,24H,17-18H2. The summed E-state index contributed by atoms with van der Waals surface area (Å²) in [6, 6.07) is 20.0. The Hall–Kier alpha value is -3.69. The van der Waals surface area contributed by atoms with Gasteiger partial charge in [0.25, 0.3) is 0 Å². The average Bonchev–Trinajstić information content (AvgIpc) is 2.73. The van der Waals surface area contributed by atoms with E-state index in [-0.39, 0.29) is 19.1 Å². The van der Waals surface area contributed by atoms with Crippen LogP contribution < -0.4 is 9.47 Å². The summed E-state index contributed by atoms with van der Waals surface area (Å²) in [6.45, 7) is 0.512. The summed E-state index contributed by atoms with van der Waals surface area (Å²) in [5, 5.41) is 0. The van der Waals surface area contributed by atoms with Crippen LogP contribution in [0.2, 0.25) is 0 Å². The van der Waals surface area contributed by atoms with Gasteiger partial charge in [-0.2, -0.15) is 0 Å². The molecule has 0 radical (unpaired) electrons. The van der Waals surface area contributed by atoms with Gasteiger partial charge in [-0.3, -0.25) is 4.98 Å². The highest BCUT2D eigenvalue weighted by atomic mass is 16.5. The minimum atomic E-state index is 0.0661. The van der Waals surface area contributed by atoms with Crippen LogP contribution in [-0.2, 0) is 0 Å². The topological polar surface area (TPSA) is 31.4 Å². The zero-order chi connectivity index (χ0) is 18.9. The molecule has 27 heavy (non-hydrogen) atoms. The third kappa shape index (κ3) is 4.69. The van der Waals surface area contributed by atoms with E-state index in [1.807, 2.05) is 36.4 Å². The van der Waals surface area contributed by atoms with Crippen LogP contribution in [-0.4, -0.2) is 18.2 Å². The second-order valence-corrected chi connectivity index (χ2v) is 5.84. The molecule has 2 aromatic carbocycles. The number of hydrogen-bond donors (Lipinski definition) is 0. The molecule has 0 N–H and O–H groups in total. The molecule has 0 unspecified atom stereocenters. The Labute approximate surface area is 160 Å². The Morgan fingerprint density at radius 1 is 0.667 bits per heavy atom. The van der Waals surface area contributed by atoms with Crippen LogP contribution in [0.1, 0.15) is 22.6 Å². The van der Waals surface area contributed by atoms with Gasteiger partial charge in [0.15, 0.2) is 0 Å². The molecule has 3 rings (SSSR count). The van der Waals surface area contributed by atoms with Crippen LogP contribution in [0.25, 0.3) is 0 Å². The van der Waals surface area contributed by atoms with Gasteiger partial charge < -0.3 is 9.47 Å². The smallest absolute Gasteiger partial charge is 0.148 e. The van der Waals surface area contributed by atoms with Crippen molar-refractivity contribution < 1.29 is 9.47 Å². The quantitative estimate of drug-likeness (QED) is 0.594. The van der Waals surface area contributed by atoms with Gasteiger partial charge in [-0.05, 0) is 53.1 Å². The van der Waals surface area contributed by atoms with Crippen molar-refractivity contribution in [3.05, 3.63) is 89.7 Å². The number of nitrogens with zero attached hydrogens (tertiary/aromatic N) is 1. The maximum Gasteiger partial charge on any atom is 0.148 e. The highest BCUT2D eigenvalue weighted by Crippen LogP contribution is 2.33. The Balaban J connectivity index is 1.93. The van der Waals surface area contributed by atoms with Crippen LogP contribution in [0.4, 0.5) is 0 Å². The molecule has 132 valence electrons. The number of benzene rings is 2. The van der Waals surface area contributed by atoms with Crippen molar-refractivity contribution in [2.24, 2.45) is 0 Å². The average molecular weight is 353 g/mol. The van der Waals surface area contributed by atoms with Crippen molar-refractivity contribution in [3.63, 3.8) is 0 Å². The monoisotopic (exact) mass is 353 g/mol. The van der Waals surface area contributed by atoms with Gasteiger partial charge in [0.05, 0.1) is 0 Å². The van der Waals surface area contributed by atoms with Crippen molar-refractivity contribution in [3.8, 4) is 36.2 Å². The molecule has 0 saturated heterocycles. The van der Waals surface area contributed by atoms with Crippen molar-refractivity contribution in [2.75, 3.05) is 13.2 Å². The van der Waals surface area contributed by atoms with Crippen LogP contribution in [0.5, 0.6) is 11.5 Å². The lowest BCUT2D eigenvalue weighted by Crippen LogP contribution is -2.04. The van der Waals surface area contributed by atoms with E-state index in [0.29, 0.717) is 0 Å². The first-order valence-electron chi connectivity index (χ1n) is 8.54. The van der Waals surface area contributed by atoms with E-state index < -0.39 is 0 Å². The van der Waals surface area contributed by atoms with Gasteiger partial charge in [-0.25, -0.2) is 0 Å². The lowest BCUT2D eigenvalue weighted by Gasteiger charge is -2.19. The van der Waals surface area contributed by atoms with Crippen molar-refractivity contribution in [1.29, 1.82) is 0 Å². The van der Waals surface area contributed by atoms with Crippen molar-refractivity contribution in [1.82, 2.24) is 4.98 Å². The van der Waals surface area contributed by atoms with Gasteiger partial charge in [0, 0.05) is 18.3 Å². The number of rotatable bonds is 7. The highest BCUT2D eigenvalue weighted by molar-refractivity contribution is 5.45. The lowest BCUT2D eigenvalue weighted by molar-refractivity contribution is 0.370. The van der Waals surface area contributed by atoms with Crippen LogP contribution in [0.3, 0.4) is 0 Å². The summed E-state index contributed by atoms with van der Waals surface area (Å²) in [5.41, 5.74) is 3.44. The Bertz CT molecular complexity index is 871. The summed E-state index contributed by atoms with van der Waals surface area (Å²) in [5.74, 6) is 6.52. The third-order valence-electron chi connectivity index (χ3n) is 4.11. The zero-order valence-corrected chi connectivity index (χ0v) is 14.8. The van der Waals surface area contributed by atoms with Crippen molar-refractivity contribution >= 4 is 0 Å². The molecular formula is C24H19NO2. The van der Waals surface area contributed by atoms with E-state index >= 15 is 0 Å². The summed E-state index contributed by atoms with van der Waals surface area (Å²) in [7, 11) is 0. The fraction of sp³-hybridized carbons (Fsp3) is 0.125. The van der Waals surface area contributed by atoms with E-state index in [1.54, 1.807) is 12.4 Å². The fourth-order valence-corrected chi connectivity index (χ4v) is 2.90. The van der Waals surface area contributed by atoms with E-state index in [9.17, 15) is 0 Å². The first kappa shape index (κ1) is 18.1. The Morgan fingerprint density at radius 2 is 1.07 bits per heavy atom. The predicted molar refractivity (Wildman–Crippen MR) is 107 cm³/mol. The van der Waals surface area contributed by atoms with Gasteiger partial charge in [-0.1, -0.05) is 36.1 Å². The molecule has 1 heterocycles. The maximum absolute atomic E-state index is 5.48. The van der Waals surface area contributed by atoms with Gasteiger partial charge >= 0.3 is 0 Å². The molecule has 0 bridgehead atoms. The lowest BCUT2D eigenvalue weighted by atomic mass is 9.85. The zero-order valence-electron chi connectivity index (χ0n) is 14.8. The van der Waals surface area contributed by atoms with Crippen LogP contribution >= 0.6 is 0 Å². The number of aromatic nitrogens is 1. The van der Waals surface area contributed by atoms with E-state index in [2.05, 4.69) is 41.1 Å². The normalized spacial score (nSPS) is 10.0. The molecule has 0 amide bonds. The second kappa shape index (κ2) is 9.13. The molecule has 3 heteroatoms. The molecule has 3 nitrogen and oxygen atoms in total. The Kier molecular flexibility index (Phi) is 6.13. The van der Waals surface area contributed by atoms with Gasteiger partial charge in [0.2, 0.25) is 0 Å². The molecule has 3 aromatic rings. The van der Waals surface area contributed by atoms with Gasteiger partial charge in [-0.15, -0.1) is 12.8 Å². The van der Waals surface area contributed by atoms with Gasteiger partial charge in [0.1, 0.15) is 24.7 Å². The fourth-order valence-electron chi connectivity index (χ4n) is 2.90. The summed E-state index contributed by atoms with van der Waals surface area (Å²) in [4.78, 5) is 4.13. The van der Waals surface area contributed by atoms with E-state index in [4.69, 9.17) is 22.3 Å². The summed E-state index contributed by atoms with van der Waals surface area (Å²) in [6.07, 6.45) is 14.1. The molecular weight excluding hydrogens is 334 g/mol. The summed E-state index contributed by atoms with van der Waals surface area (Å²) >= 11 is 0. The summed E-state index contributed by atoms with van der Waals surface area (Å²) < 4.78 is 11.0. The maximum atomic E-state index is 5.48. The van der Waals surface area contributed by atoms with Crippen LogP contribution in [0.15, 0.2) is 73.1 Å². The molecule has 0 aliphatic rings. The van der Waals surface area contributed by atoms with E-state index in [1.165, 1.54) is 0 Å². The van der Waals surface area contributed by atoms with Crippen LogP contribution in [0, 0.1) is 24.7 Å². The molecule has 1 aromatic heterocycles. The minimum absolute atomic E-state index is 0.0661. The van der Waals surface area contributed by atoms with Crippen molar-refractivity contribution in [2.45, 2.75) is 5.92 Å². The first-order chi connectivity index (χ1) is 13.3. The first-order valence-corrected chi connectivity index (χ1v) is 8.54. The molecule has 0 fully saturated rings. The molecule has 0 aliphatic heterocycles. The number of hydrogen-bond acceptors (Lipinski definition) is 3. The van der Waals surface area contributed by atoms with E-state index in [0.717, 1.165) is 28.2 Å². The number of ether oxygens (including phenoxy) is 2. The number of terminal acetylenes is 2. The SMILES string of the molecule is C#CCOc1ccc(C(c2ccncc2)c2ccc(OCC#C)cc2)cc1. The highest BCUT2D eigenvalue weighted by Gasteiger charge is 2.17. The largest absolute Gasteiger partial charge is 0.481 e. The third-order valence-corrected chi connectivity index (χ3v) is 4.11. The molecule has 0 saturated carbocycles. The molecule has 0 aliphatic carbocycles.